The van der Waals surface area contributed by atoms with Crippen molar-refractivity contribution < 1.29 is 46.9 Å². The third kappa shape index (κ3) is 58.7. The molecule has 115 heavy (non-hydrogen) atoms. The minimum absolute atomic E-state index is 0. The molecule has 4 aromatic rings. The van der Waals surface area contributed by atoms with Crippen LogP contribution in [0.4, 0.5) is 4.39 Å². The number of ether oxygens (including phenoxy) is 3. The highest BCUT2D eigenvalue weighted by Gasteiger charge is 2.46. The highest BCUT2D eigenvalue weighted by Crippen LogP contribution is 2.54. The Labute approximate surface area is 706 Å². The largest absolute Gasteiger partial charge is 0.472 e. The van der Waals surface area contributed by atoms with E-state index in [2.05, 4.69) is 195 Å². The maximum atomic E-state index is 12.2. The molecule has 3 saturated heterocycles. The van der Waals surface area contributed by atoms with Crippen molar-refractivity contribution in [3.8, 4) is 6.07 Å². The molecule has 20 heteroatoms. The summed E-state index contributed by atoms with van der Waals surface area (Å²) in [4.78, 5) is 27.8. The Kier molecular flexibility index (Phi) is 57.3. The number of carbonyl (C=O) groups is 2. The number of nitrogens with zero attached hydrogens (tertiary/aromatic N) is 9. The summed E-state index contributed by atoms with van der Waals surface area (Å²) in [6.45, 7) is 62.9. The molecule has 0 spiro atoms. The van der Waals surface area contributed by atoms with Crippen LogP contribution in [-0.2, 0) is 65.0 Å². The first kappa shape index (κ1) is 110. The number of sulfone groups is 1. The topological polar surface area (TPSA) is 224 Å². The predicted octanol–water partition coefficient (Wildman–Crippen LogP) is 24.6. The number of nitriles is 1. The molecule has 3 atom stereocenters. The normalized spacial score (nSPS) is 18.3. The van der Waals surface area contributed by atoms with Crippen molar-refractivity contribution in [1.29, 1.82) is 5.26 Å². The van der Waals surface area contributed by atoms with E-state index in [1.54, 1.807) is 58.5 Å². The number of methoxy groups -OCH3 is 1. The second kappa shape index (κ2) is 59.8. The van der Waals surface area contributed by atoms with Crippen LogP contribution in [0.3, 0.4) is 0 Å². The van der Waals surface area contributed by atoms with E-state index >= 15 is 0 Å². The van der Waals surface area contributed by atoms with E-state index < -0.39 is 9.84 Å². The van der Waals surface area contributed by atoms with Crippen LogP contribution in [0.2, 0.25) is 0 Å². The van der Waals surface area contributed by atoms with Gasteiger partial charge in [-0.1, -0.05) is 171 Å². The fourth-order valence-electron chi connectivity index (χ4n) is 14.5. The first-order chi connectivity index (χ1) is 53.8. The highest BCUT2D eigenvalue weighted by atomic mass is 32.2. The Morgan fingerprint density at radius 2 is 1.15 bits per heavy atom. The quantitative estimate of drug-likeness (QED) is 0.0443. The van der Waals surface area contributed by atoms with E-state index in [0.29, 0.717) is 75.7 Å². The minimum atomic E-state index is -2.72. The molecule has 4 saturated carbocycles. The molecule has 3 aliphatic heterocycles. The average molecular weight is 1640 g/mol. The second-order valence-electron chi connectivity index (χ2n) is 39.6. The summed E-state index contributed by atoms with van der Waals surface area (Å²) in [7, 11) is -0.981. The molecule has 0 N–H and O–H groups in total. The van der Waals surface area contributed by atoms with Gasteiger partial charge >= 0.3 is 0 Å². The predicted molar refractivity (Wildman–Crippen MR) is 478 cm³/mol. The summed E-state index contributed by atoms with van der Waals surface area (Å²) in [5, 5.41) is 24.3. The van der Waals surface area contributed by atoms with Crippen molar-refractivity contribution in [3.05, 3.63) is 67.1 Å². The molecule has 4 aromatic heterocycles. The number of alkyl halides is 1. The van der Waals surface area contributed by atoms with E-state index in [0.717, 1.165) is 144 Å². The van der Waals surface area contributed by atoms with Crippen molar-refractivity contribution in [2.45, 2.75) is 384 Å². The van der Waals surface area contributed by atoms with Gasteiger partial charge in [0.05, 0.1) is 61.2 Å². The maximum absolute atomic E-state index is 12.2. The number of ketones is 1. The number of aryl methyl sites for hydroxylation is 1. The molecule has 0 bridgehead atoms. The molecule has 670 valence electrons. The number of Topliss-reactive ketones (excluding diaryl/α,β-unsaturated/α-hetero) is 1. The SMILES string of the molecule is CC(=O)CC1(CC(C)C)CC1.CC(=O)N1CC[C@@H]1CC(C)C.CC(C)CC1(CC#N)CC1.CC(C)CC1(CF)CC1.CC(C)CC1(n2ccnn2)CC1.CC(C)CCS(C)(=O)=O.CC(C)C[C@@H]1CCCO1.CC(C)C[C@@H]1CCO1.CC(C)Cc1ccoc1.CC(C)Cc1ncco1.CCn1cnnc1CC(C)C.COCCC(C)C.[HH]. The Bertz CT molecular complexity index is 3090. The van der Waals surface area contributed by atoms with Crippen LogP contribution in [0.1, 0.15) is 353 Å². The molecule has 0 radical (unpaired) electrons. The van der Waals surface area contributed by atoms with E-state index in [1.165, 1.54) is 121 Å². The molecule has 7 fully saturated rings. The number of hydrogen-bond donors (Lipinski definition) is 0. The van der Waals surface area contributed by atoms with Crippen LogP contribution >= 0.6 is 0 Å². The number of carbonyl (C=O) groups excluding carboxylic acids is 2. The third-order valence-electron chi connectivity index (χ3n) is 20.7. The number of halogens is 1. The van der Waals surface area contributed by atoms with Crippen molar-refractivity contribution in [2.24, 2.45) is 87.3 Å². The Balaban J connectivity index is 0. The van der Waals surface area contributed by atoms with Crippen molar-refractivity contribution in [2.75, 3.05) is 52.2 Å². The average Bonchev–Trinajstić information content (AvgIpc) is 1.62. The molecule has 0 unspecified atom stereocenters. The van der Waals surface area contributed by atoms with Crippen LogP contribution in [0.5, 0.6) is 0 Å². The van der Waals surface area contributed by atoms with E-state index in [4.69, 9.17) is 28.3 Å². The molecule has 7 aliphatic rings. The summed E-state index contributed by atoms with van der Waals surface area (Å²) < 4.78 is 62.9. The number of oxazole rings is 1. The van der Waals surface area contributed by atoms with Crippen molar-refractivity contribution in [1.82, 2.24) is 39.6 Å². The van der Waals surface area contributed by atoms with Gasteiger partial charge in [-0.25, -0.2) is 18.1 Å². The van der Waals surface area contributed by atoms with Gasteiger partial charge in [0, 0.05) is 92.5 Å². The van der Waals surface area contributed by atoms with Gasteiger partial charge in [0.15, 0.2) is 5.89 Å². The zero-order valence-corrected chi connectivity index (χ0v) is 79.9. The number of rotatable bonds is 32. The maximum Gasteiger partial charge on any atom is 0.219 e. The second-order valence-corrected chi connectivity index (χ2v) is 41.9. The number of likely N-dealkylation sites (tertiary alicyclic amines) is 1. The molecular weight excluding hydrogens is 1460 g/mol. The van der Waals surface area contributed by atoms with E-state index in [1.807, 2.05) is 35.7 Å². The summed E-state index contributed by atoms with van der Waals surface area (Å²) >= 11 is 0. The molecule has 1 amide bonds. The first-order valence-electron chi connectivity index (χ1n) is 45.0. The lowest BCUT2D eigenvalue weighted by Gasteiger charge is -2.41. The fraction of sp³-hybridized carbons (Fsp3) is 0.853. The number of amides is 1. The molecule has 11 rings (SSSR count). The third-order valence-corrected chi connectivity index (χ3v) is 21.7. The van der Waals surface area contributed by atoms with E-state index in [9.17, 15) is 22.4 Å². The van der Waals surface area contributed by atoms with Crippen LogP contribution in [0.15, 0.2) is 58.6 Å². The van der Waals surface area contributed by atoms with Crippen LogP contribution in [-0.4, -0.2) is 130 Å². The van der Waals surface area contributed by atoms with Gasteiger partial charge in [-0.3, -0.25) is 9.18 Å². The molecule has 0 aromatic carbocycles. The summed E-state index contributed by atoms with van der Waals surface area (Å²) in [5.74, 6) is 11.4. The van der Waals surface area contributed by atoms with Crippen molar-refractivity contribution in [3.63, 3.8) is 0 Å². The van der Waals surface area contributed by atoms with Crippen molar-refractivity contribution >= 4 is 21.5 Å². The summed E-state index contributed by atoms with van der Waals surface area (Å²) in [6, 6.07) is 4.84. The van der Waals surface area contributed by atoms with Gasteiger partial charge in [0.2, 0.25) is 5.91 Å². The Hall–Kier alpha value is -4.84. The summed E-state index contributed by atoms with van der Waals surface area (Å²) in [5.41, 5.74) is 2.69. The lowest BCUT2D eigenvalue weighted by molar-refractivity contribution is -0.136. The number of hydrogen-bond acceptors (Lipinski definition) is 15. The van der Waals surface area contributed by atoms with E-state index in [-0.39, 0.29) is 19.4 Å². The highest BCUT2D eigenvalue weighted by molar-refractivity contribution is 7.90. The van der Waals surface area contributed by atoms with Crippen LogP contribution < -0.4 is 0 Å². The first-order valence-corrected chi connectivity index (χ1v) is 47.1. The molecule has 18 nitrogen and oxygen atoms in total. The standard InChI is InChI=1S/C10H18O.C9H15N3.C9H17NO.C9H15N.C8H15F.C8H15N3.C8H12O.C8H16O.C7H11NO.C7H14O.C6H14O2S.C6H14O.H2/c1-8(2)6-10(4-5-10)7-9(3)11;1-8(2)7-9(3-4-9)12-6-5-10-11-12;1-7(2)6-9-4-5-10(9)8(3)11;1-8(2)7-9(3-4-9)5-6-10;1-7(2)5-8(6-9)3-4-8;1-4-11-6-9-10-8(11)5-7(2)3;1-7(2)5-8-3-4-9-6-8;1-7(2)6-8-4-3-5-9-8;1-6(2)5-7-8-3-4-9-7;1-6(2)5-7-3-4-8-7;1-6(2)4-5-9(3,7)8;1-6(2)4-5-7-3;/h8H,4-7H2,1-3H3;5-6,8H,3-4,7H2,1-2H3;7,9H,4-6H2,1-3H3;8H,3-5,7H2,1-2H3;7H,3-6H2,1-2H3;6-7H,4-5H2,1-3H3;3-4,6-7H,5H2,1-2H3;7-8H,3-6H2,1-2H3;3-4,6H,5H2,1-2H3;6-7H,3-5H2,1-2H3;6H,4-5H2,1-3H3;6H,4-5H2,1-3H3;1H/t;;9-;;;;;8-;;7-;;;/m..1....0.0.../s1. The Morgan fingerprint density at radius 3 is 1.46 bits per heavy atom. The van der Waals surface area contributed by atoms with Gasteiger partial charge in [0.1, 0.15) is 34.0 Å². The fourth-order valence-corrected chi connectivity index (χ4v) is 15.4. The number of aromatic nitrogens is 7. The van der Waals surface area contributed by atoms with Gasteiger partial charge < -0.3 is 37.3 Å². The number of furan rings is 1. The molecular formula is C95H178FN9O9S. The monoisotopic (exact) mass is 1640 g/mol. The zero-order valence-electron chi connectivity index (χ0n) is 79.1. The van der Waals surface area contributed by atoms with Gasteiger partial charge in [-0.15, -0.1) is 15.3 Å². The van der Waals surface area contributed by atoms with Crippen LogP contribution in [0, 0.1) is 98.6 Å². The Morgan fingerprint density at radius 1 is 0.626 bits per heavy atom. The van der Waals surface area contributed by atoms with Gasteiger partial charge in [-0.2, -0.15) is 5.26 Å². The van der Waals surface area contributed by atoms with Crippen LogP contribution in [0.25, 0.3) is 0 Å². The molecule has 7 heterocycles. The lowest BCUT2D eigenvalue weighted by atomic mass is 9.90. The van der Waals surface area contributed by atoms with Gasteiger partial charge in [-0.05, 0) is 254 Å². The lowest BCUT2D eigenvalue weighted by Crippen LogP contribution is -2.50. The van der Waals surface area contributed by atoms with Gasteiger partial charge in [0.25, 0.3) is 0 Å². The smallest absolute Gasteiger partial charge is 0.219 e. The summed E-state index contributed by atoms with van der Waals surface area (Å²) in [6.07, 6.45) is 44.9. The zero-order chi connectivity index (χ0) is 87.5. The molecule has 4 aliphatic carbocycles. The minimum Gasteiger partial charge on any atom is -0.472 e.